The van der Waals surface area contributed by atoms with Crippen LogP contribution < -0.4 is 17.3 Å². The van der Waals surface area contributed by atoms with Crippen LogP contribution >= 0.6 is 11.6 Å². The van der Waals surface area contributed by atoms with E-state index in [0.717, 1.165) is 4.90 Å². The lowest BCUT2D eigenvalue weighted by Gasteiger charge is -2.21. The van der Waals surface area contributed by atoms with E-state index in [4.69, 9.17) is 11.6 Å². The van der Waals surface area contributed by atoms with Crippen molar-refractivity contribution in [2.75, 3.05) is 0 Å². The third kappa shape index (κ3) is 4.62. The summed E-state index contributed by atoms with van der Waals surface area (Å²) in [5.74, 6) is 0. The van der Waals surface area contributed by atoms with Crippen molar-refractivity contribution in [2.45, 2.75) is 39.8 Å². The molecule has 0 atom stereocenters. The van der Waals surface area contributed by atoms with Gasteiger partial charge < -0.3 is 12.4 Å². The molecule has 0 unspecified atom stereocenters. The Hall–Kier alpha value is 0.210. The fraction of sp³-hybridized carbons (Fsp3) is 0.857. The van der Waals surface area contributed by atoms with Crippen molar-refractivity contribution in [1.82, 2.24) is 0 Å². The molecule has 2 nitrogen and oxygen atoms in total. The van der Waals surface area contributed by atoms with E-state index in [2.05, 4.69) is 0 Å². The molecule has 0 rings (SSSR count). The van der Waals surface area contributed by atoms with E-state index < -0.39 is 0 Å². The van der Waals surface area contributed by atoms with Crippen LogP contribution in [0.3, 0.4) is 0 Å². The molecular formula is C7H15Cl2NO. The molecule has 0 heterocycles. The summed E-state index contributed by atoms with van der Waals surface area (Å²) < 4.78 is 0. The molecule has 0 aromatic heterocycles. The van der Waals surface area contributed by atoms with Gasteiger partial charge in [-0.15, -0.1) is 0 Å². The third-order valence-electron chi connectivity index (χ3n) is 1.47. The van der Waals surface area contributed by atoms with Crippen molar-refractivity contribution in [3.8, 4) is 0 Å². The first kappa shape index (κ1) is 13.8. The van der Waals surface area contributed by atoms with Gasteiger partial charge in [0.25, 0.3) is 0 Å². The summed E-state index contributed by atoms with van der Waals surface area (Å²) in [6.07, 6.45) is 0. The molecule has 0 saturated carbocycles. The van der Waals surface area contributed by atoms with Crippen LogP contribution in [0.25, 0.3) is 0 Å². The van der Waals surface area contributed by atoms with Crippen molar-refractivity contribution in [2.24, 2.45) is 0 Å². The van der Waals surface area contributed by atoms with Crippen LogP contribution in [0.15, 0.2) is 0 Å². The lowest BCUT2D eigenvalue weighted by atomic mass is 10.2. The number of carbonyl (C=O) groups excluding carboxylic acids is 1. The van der Waals surface area contributed by atoms with Gasteiger partial charge in [-0.25, -0.2) is 4.79 Å². The second-order valence-electron chi connectivity index (χ2n) is 3.04. The Labute approximate surface area is 79.3 Å². The summed E-state index contributed by atoms with van der Waals surface area (Å²) >= 11 is 5.36. The Morgan fingerprint density at radius 2 is 1.45 bits per heavy atom. The van der Waals surface area contributed by atoms with E-state index in [1.54, 1.807) is 0 Å². The van der Waals surface area contributed by atoms with Gasteiger partial charge in [0.1, 0.15) is 0 Å². The van der Waals surface area contributed by atoms with Crippen LogP contribution in [0.1, 0.15) is 27.7 Å². The van der Waals surface area contributed by atoms with E-state index in [1.807, 2.05) is 27.7 Å². The summed E-state index contributed by atoms with van der Waals surface area (Å²) in [6, 6.07) is 0.537. The number of hydrogen-bond donors (Lipinski definition) is 1. The lowest BCUT2D eigenvalue weighted by molar-refractivity contribution is -0.856. The van der Waals surface area contributed by atoms with Crippen LogP contribution in [0.4, 0.5) is 4.79 Å². The monoisotopic (exact) mass is 199 g/mol. The van der Waals surface area contributed by atoms with Crippen LogP contribution in [0.2, 0.25) is 0 Å². The minimum atomic E-state index is -0.287. The molecule has 0 bridgehead atoms. The number of halogens is 2. The average Bonchev–Trinajstić information content (AvgIpc) is 1.59. The summed E-state index contributed by atoms with van der Waals surface area (Å²) in [4.78, 5) is 11.6. The van der Waals surface area contributed by atoms with Gasteiger partial charge in [-0.2, -0.15) is 0 Å². The molecule has 0 saturated heterocycles. The first-order valence-corrected chi connectivity index (χ1v) is 3.91. The Kier molecular flexibility index (Phi) is 7.28. The zero-order chi connectivity index (χ0) is 8.31. The normalized spacial score (nSPS) is 10.5. The van der Waals surface area contributed by atoms with Crippen molar-refractivity contribution in [3.05, 3.63) is 0 Å². The second kappa shape index (κ2) is 5.81. The maximum Gasteiger partial charge on any atom is 0.410 e. The number of quaternary nitrogens is 1. The summed E-state index contributed by atoms with van der Waals surface area (Å²) in [6.45, 7) is 7.93. The summed E-state index contributed by atoms with van der Waals surface area (Å²) in [7, 11) is 0. The topological polar surface area (TPSA) is 21.5 Å². The molecule has 0 radical (unpaired) electrons. The van der Waals surface area contributed by atoms with Crippen molar-refractivity contribution in [3.63, 3.8) is 0 Å². The van der Waals surface area contributed by atoms with Gasteiger partial charge in [-0.3, -0.25) is 4.90 Å². The maximum absolute atomic E-state index is 10.8. The number of rotatable bonds is 2. The van der Waals surface area contributed by atoms with E-state index >= 15 is 0 Å². The quantitative estimate of drug-likeness (QED) is 0.406. The van der Waals surface area contributed by atoms with Crippen LogP contribution in [-0.2, 0) is 0 Å². The third-order valence-corrected chi connectivity index (χ3v) is 1.69. The Morgan fingerprint density at radius 3 is 1.45 bits per heavy atom. The summed E-state index contributed by atoms with van der Waals surface area (Å²) in [5.41, 5.74) is 0. The van der Waals surface area contributed by atoms with Gasteiger partial charge in [0.05, 0.1) is 12.1 Å². The van der Waals surface area contributed by atoms with Crippen LogP contribution in [-0.4, -0.2) is 17.5 Å². The number of nitrogens with one attached hydrogen (secondary N) is 1. The van der Waals surface area contributed by atoms with Gasteiger partial charge in [0, 0.05) is 11.6 Å². The highest BCUT2D eigenvalue weighted by molar-refractivity contribution is 6.60. The Balaban J connectivity index is 0. The standard InChI is InChI=1S/C7H14ClNO.ClH/c1-5(2)9(6(3)4)7(8)10;/h5-6H,1-4H3;1H. The molecule has 0 aliphatic rings. The Morgan fingerprint density at radius 1 is 1.18 bits per heavy atom. The fourth-order valence-corrected chi connectivity index (χ4v) is 1.56. The molecule has 1 N–H and O–H groups in total. The molecule has 4 heteroatoms. The van der Waals surface area contributed by atoms with Gasteiger partial charge >= 0.3 is 5.37 Å². The highest BCUT2D eigenvalue weighted by Gasteiger charge is 2.23. The van der Waals surface area contributed by atoms with Gasteiger partial charge in [-0.1, -0.05) is 0 Å². The van der Waals surface area contributed by atoms with Crippen molar-refractivity contribution >= 4 is 17.0 Å². The SMILES string of the molecule is CC(C)[NH+](C(=O)Cl)C(C)C.[Cl-]. The van der Waals surface area contributed by atoms with E-state index in [1.165, 1.54) is 0 Å². The highest BCUT2D eigenvalue weighted by Crippen LogP contribution is 1.81. The molecular weight excluding hydrogens is 185 g/mol. The fourth-order valence-electron chi connectivity index (χ4n) is 1.12. The van der Waals surface area contributed by atoms with Crippen molar-refractivity contribution < 1.29 is 22.1 Å². The molecule has 0 fully saturated rings. The largest absolute Gasteiger partial charge is 1.00 e. The molecule has 0 spiro atoms. The number of hydrogen-bond acceptors (Lipinski definition) is 1. The average molecular weight is 200 g/mol. The molecule has 68 valence electrons. The maximum atomic E-state index is 10.8. The van der Waals surface area contributed by atoms with Gasteiger partial charge in [-0.05, 0) is 27.7 Å². The van der Waals surface area contributed by atoms with Crippen LogP contribution in [0, 0.1) is 0 Å². The smallest absolute Gasteiger partial charge is 0.410 e. The molecule has 11 heavy (non-hydrogen) atoms. The second-order valence-corrected chi connectivity index (χ2v) is 3.38. The van der Waals surface area contributed by atoms with Crippen LogP contribution in [0.5, 0.6) is 0 Å². The molecule has 0 aliphatic carbocycles. The molecule has 0 aliphatic heterocycles. The summed E-state index contributed by atoms with van der Waals surface area (Å²) in [5, 5.41) is -0.287. The van der Waals surface area contributed by atoms with Gasteiger partial charge in [0.15, 0.2) is 0 Å². The predicted octanol–water partition coefficient (Wildman–Crippen LogP) is -1.95. The van der Waals surface area contributed by atoms with E-state index in [-0.39, 0.29) is 29.9 Å². The highest BCUT2D eigenvalue weighted by atomic mass is 35.5. The first-order chi connectivity index (χ1) is 4.46. The lowest BCUT2D eigenvalue weighted by Crippen LogP contribution is -3.19. The number of carbonyl (C=O) groups is 1. The minimum Gasteiger partial charge on any atom is -1.00 e. The minimum absolute atomic E-state index is 0. The predicted molar refractivity (Wildman–Crippen MR) is 42.5 cm³/mol. The van der Waals surface area contributed by atoms with E-state index in [9.17, 15) is 4.79 Å². The zero-order valence-electron chi connectivity index (χ0n) is 7.32. The number of amides is 1. The van der Waals surface area contributed by atoms with Gasteiger partial charge in [0.2, 0.25) is 0 Å². The molecule has 0 aromatic rings. The molecule has 0 aromatic carbocycles. The van der Waals surface area contributed by atoms with Crippen molar-refractivity contribution in [1.29, 1.82) is 0 Å². The zero-order valence-corrected chi connectivity index (χ0v) is 8.83. The first-order valence-electron chi connectivity index (χ1n) is 3.53. The van der Waals surface area contributed by atoms with E-state index in [0.29, 0.717) is 0 Å². The molecule has 1 amide bonds. The Bertz CT molecular complexity index is 118.